The van der Waals surface area contributed by atoms with Crippen molar-refractivity contribution in [3.8, 4) is 0 Å². The second-order valence-corrected chi connectivity index (χ2v) is 7.05. The van der Waals surface area contributed by atoms with Gasteiger partial charge < -0.3 is 15.3 Å². The summed E-state index contributed by atoms with van der Waals surface area (Å²) in [7, 11) is 0. The van der Waals surface area contributed by atoms with Crippen molar-refractivity contribution in [2.45, 2.75) is 64.3 Å². The van der Waals surface area contributed by atoms with Gasteiger partial charge in [0.25, 0.3) is 0 Å². The van der Waals surface area contributed by atoms with E-state index in [1.54, 1.807) is 0 Å². The quantitative estimate of drug-likeness (QED) is 0.687. The molecule has 122 valence electrons. The number of carboxylic acids is 1. The van der Waals surface area contributed by atoms with Crippen molar-refractivity contribution in [3.05, 3.63) is 0 Å². The molecule has 0 aromatic heterocycles. The van der Waals surface area contributed by atoms with E-state index in [1.807, 2.05) is 0 Å². The zero-order valence-corrected chi connectivity index (χ0v) is 13.5. The molecule has 2 aliphatic rings. The zero-order chi connectivity index (χ0) is 15.1. The number of likely N-dealkylation sites (tertiary alicyclic amines) is 1. The fourth-order valence-electron chi connectivity index (χ4n) is 3.62. The van der Waals surface area contributed by atoms with Crippen molar-refractivity contribution in [2.24, 2.45) is 11.8 Å². The molecule has 1 saturated heterocycles. The molecule has 0 radical (unpaired) electrons. The smallest absolute Gasteiger partial charge is 0.304 e. The summed E-state index contributed by atoms with van der Waals surface area (Å²) in [4.78, 5) is 13.2. The van der Waals surface area contributed by atoms with Crippen LogP contribution in [-0.2, 0) is 4.79 Å². The maximum Gasteiger partial charge on any atom is 0.304 e. The molecule has 2 atom stereocenters. The topological polar surface area (TPSA) is 52.6 Å². The van der Waals surface area contributed by atoms with Gasteiger partial charge in [-0.1, -0.05) is 26.2 Å². The molecule has 2 fully saturated rings. The molecule has 21 heavy (non-hydrogen) atoms. The molecule has 4 nitrogen and oxygen atoms in total. The number of hydrogen-bond donors (Lipinski definition) is 2. The van der Waals surface area contributed by atoms with Crippen molar-refractivity contribution < 1.29 is 9.90 Å². The minimum Gasteiger partial charge on any atom is -0.481 e. The maximum absolute atomic E-state index is 10.8. The van der Waals surface area contributed by atoms with Gasteiger partial charge in [0, 0.05) is 25.7 Å². The first kappa shape index (κ1) is 16.8. The third kappa shape index (κ3) is 5.95. The van der Waals surface area contributed by atoms with E-state index in [4.69, 9.17) is 5.11 Å². The number of hydrogen-bond acceptors (Lipinski definition) is 3. The normalized spacial score (nSPS) is 27.5. The Bertz CT molecular complexity index is 318. The van der Waals surface area contributed by atoms with Crippen LogP contribution in [0.1, 0.15) is 58.3 Å². The molecule has 2 rings (SSSR count). The Morgan fingerprint density at radius 3 is 2.71 bits per heavy atom. The van der Waals surface area contributed by atoms with Gasteiger partial charge in [0.15, 0.2) is 0 Å². The summed E-state index contributed by atoms with van der Waals surface area (Å²) >= 11 is 0. The molecule has 1 aliphatic carbocycles. The fourth-order valence-corrected chi connectivity index (χ4v) is 3.62. The molecule has 0 bridgehead atoms. The minimum absolute atomic E-state index is 0.274. The van der Waals surface area contributed by atoms with Crippen LogP contribution in [0.5, 0.6) is 0 Å². The zero-order valence-electron chi connectivity index (χ0n) is 13.5. The Hall–Kier alpha value is -0.610. The lowest BCUT2D eigenvalue weighted by molar-refractivity contribution is -0.137. The molecule has 4 heteroatoms. The van der Waals surface area contributed by atoms with Gasteiger partial charge in [0.2, 0.25) is 0 Å². The predicted molar refractivity (Wildman–Crippen MR) is 85.5 cm³/mol. The van der Waals surface area contributed by atoms with Crippen LogP contribution in [0.3, 0.4) is 0 Å². The highest BCUT2D eigenvalue weighted by Gasteiger charge is 2.28. The number of piperidine rings is 1. The summed E-state index contributed by atoms with van der Waals surface area (Å²) in [6, 6.07) is 0.565. The SMILES string of the molecule is CCCCC1CC(NCC2CCC2)CN(CCC(=O)O)C1. The second kappa shape index (κ2) is 8.74. The highest BCUT2D eigenvalue weighted by Crippen LogP contribution is 2.27. The molecular formula is C17H32N2O2. The molecule has 0 aromatic carbocycles. The van der Waals surface area contributed by atoms with Gasteiger partial charge in [-0.25, -0.2) is 0 Å². The van der Waals surface area contributed by atoms with Crippen LogP contribution in [0, 0.1) is 11.8 Å². The Morgan fingerprint density at radius 2 is 2.10 bits per heavy atom. The van der Waals surface area contributed by atoms with Crippen LogP contribution in [0.4, 0.5) is 0 Å². The largest absolute Gasteiger partial charge is 0.481 e. The summed E-state index contributed by atoms with van der Waals surface area (Å²) < 4.78 is 0. The molecule has 1 heterocycles. The number of carboxylic acid groups (broad SMARTS) is 1. The maximum atomic E-state index is 10.8. The summed E-state index contributed by atoms with van der Waals surface area (Å²) in [5.41, 5.74) is 0. The Morgan fingerprint density at radius 1 is 1.29 bits per heavy atom. The number of aliphatic carboxylic acids is 1. The summed E-state index contributed by atoms with van der Waals surface area (Å²) in [5, 5.41) is 12.6. The first-order valence-electron chi connectivity index (χ1n) is 8.85. The van der Waals surface area contributed by atoms with Crippen LogP contribution < -0.4 is 5.32 Å². The van der Waals surface area contributed by atoms with Gasteiger partial charge in [0.05, 0.1) is 6.42 Å². The number of nitrogens with zero attached hydrogens (tertiary/aromatic N) is 1. The van der Waals surface area contributed by atoms with Crippen LogP contribution in [0.2, 0.25) is 0 Å². The van der Waals surface area contributed by atoms with Crippen molar-refractivity contribution in [1.82, 2.24) is 10.2 Å². The van der Waals surface area contributed by atoms with Crippen molar-refractivity contribution in [2.75, 3.05) is 26.2 Å². The van der Waals surface area contributed by atoms with E-state index in [2.05, 4.69) is 17.1 Å². The summed E-state index contributed by atoms with van der Waals surface area (Å²) in [5.74, 6) is 0.963. The van der Waals surface area contributed by atoms with Gasteiger partial charge in [-0.2, -0.15) is 0 Å². The monoisotopic (exact) mass is 296 g/mol. The van der Waals surface area contributed by atoms with Crippen LogP contribution in [0.25, 0.3) is 0 Å². The van der Waals surface area contributed by atoms with E-state index < -0.39 is 5.97 Å². The van der Waals surface area contributed by atoms with Crippen molar-refractivity contribution >= 4 is 5.97 Å². The summed E-state index contributed by atoms with van der Waals surface area (Å²) in [6.45, 7) is 6.24. The van der Waals surface area contributed by atoms with Crippen LogP contribution in [-0.4, -0.2) is 48.2 Å². The molecule has 1 aliphatic heterocycles. The molecule has 0 aromatic rings. The van der Waals surface area contributed by atoms with Crippen molar-refractivity contribution in [1.29, 1.82) is 0 Å². The molecule has 2 N–H and O–H groups in total. The molecular weight excluding hydrogens is 264 g/mol. The average Bonchev–Trinajstić information content (AvgIpc) is 2.41. The lowest BCUT2D eigenvalue weighted by Gasteiger charge is -2.39. The standard InChI is InChI=1S/C17H32N2O2/c1-2-3-5-15-10-16(18-11-14-6-4-7-14)13-19(12-15)9-8-17(20)21/h14-16,18H,2-13H2,1H3,(H,20,21). The van der Waals surface area contributed by atoms with E-state index in [1.165, 1.54) is 44.9 Å². The van der Waals surface area contributed by atoms with E-state index >= 15 is 0 Å². The van der Waals surface area contributed by atoms with E-state index in [0.29, 0.717) is 12.6 Å². The third-order valence-corrected chi connectivity index (χ3v) is 5.14. The van der Waals surface area contributed by atoms with Crippen molar-refractivity contribution in [3.63, 3.8) is 0 Å². The number of carbonyl (C=O) groups is 1. The third-order valence-electron chi connectivity index (χ3n) is 5.14. The molecule has 0 amide bonds. The first-order chi connectivity index (χ1) is 10.2. The van der Waals surface area contributed by atoms with Crippen LogP contribution in [0.15, 0.2) is 0 Å². The number of nitrogens with one attached hydrogen (secondary N) is 1. The van der Waals surface area contributed by atoms with Gasteiger partial charge in [-0.3, -0.25) is 4.79 Å². The second-order valence-electron chi connectivity index (χ2n) is 7.05. The molecule has 1 saturated carbocycles. The predicted octanol–water partition coefficient (Wildman–Crippen LogP) is 2.73. The van der Waals surface area contributed by atoms with E-state index in [0.717, 1.165) is 31.5 Å². The highest BCUT2D eigenvalue weighted by atomic mass is 16.4. The lowest BCUT2D eigenvalue weighted by Crippen LogP contribution is -2.50. The lowest BCUT2D eigenvalue weighted by atomic mass is 9.84. The summed E-state index contributed by atoms with van der Waals surface area (Å²) in [6.07, 6.45) is 9.58. The Labute approximate surface area is 129 Å². The Balaban J connectivity index is 1.77. The van der Waals surface area contributed by atoms with Gasteiger partial charge >= 0.3 is 5.97 Å². The average molecular weight is 296 g/mol. The van der Waals surface area contributed by atoms with E-state index in [-0.39, 0.29) is 6.42 Å². The number of unbranched alkanes of at least 4 members (excludes halogenated alkanes) is 1. The molecule has 2 unspecified atom stereocenters. The van der Waals surface area contributed by atoms with E-state index in [9.17, 15) is 4.79 Å². The van der Waals surface area contributed by atoms with Crippen LogP contribution >= 0.6 is 0 Å². The number of rotatable bonds is 9. The molecule has 0 spiro atoms. The first-order valence-corrected chi connectivity index (χ1v) is 8.85. The highest BCUT2D eigenvalue weighted by molar-refractivity contribution is 5.66. The van der Waals surface area contributed by atoms with Gasteiger partial charge in [-0.15, -0.1) is 0 Å². The van der Waals surface area contributed by atoms with Gasteiger partial charge in [-0.05, 0) is 44.1 Å². The minimum atomic E-state index is -0.676. The Kier molecular flexibility index (Phi) is 6.97. The van der Waals surface area contributed by atoms with Gasteiger partial charge in [0.1, 0.15) is 0 Å². The fraction of sp³-hybridized carbons (Fsp3) is 0.941.